The van der Waals surface area contributed by atoms with Gasteiger partial charge in [-0.25, -0.2) is 14.3 Å². The first-order valence-electron chi connectivity index (χ1n) is 10.6. The minimum Gasteiger partial charge on any atom is -0.475 e. The van der Waals surface area contributed by atoms with Crippen LogP contribution in [0.15, 0.2) is 73.2 Å². The molecule has 34 heavy (non-hydrogen) atoms. The monoisotopic (exact) mass is 469 g/mol. The Morgan fingerprint density at radius 2 is 1.56 bits per heavy atom. The van der Waals surface area contributed by atoms with Crippen molar-refractivity contribution in [3.8, 4) is 22.3 Å². The van der Waals surface area contributed by atoms with Gasteiger partial charge in [0, 0.05) is 55.4 Å². The zero-order chi connectivity index (χ0) is 24.1. The smallest absolute Gasteiger partial charge is 0.475 e. The molecule has 0 amide bonds. The van der Waals surface area contributed by atoms with Crippen LogP contribution in [0.5, 0.6) is 0 Å². The summed E-state index contributed by atoms with van der Waals surface area (Å²) in [5, 5.41) is 15.0. The van der Waals surface area contributed by atoms with Crippen molar-refractivity contribution >= 4 is 17.3 Å². The van der Waals surface area contributed by atoms with E-state index in [0.29, 0.717) is 0 Å². The number of piperazine rings is 1. The number of carbonyl (C=O) groups is 1. The van der Waals surface area contributed by atoms with Crippen molar-refractivity contribution in [2.75, 3.05) is 31.1 Å². The molecule has 2 aromatic heterocycles. The molecule has 1 aliphatic rings. The molecule has 7 nitrogen and oxygen atoms in total. The van der Waals surface area contributed by atoms with Gasteiger partial charge in [0.1, 0.15) is 0 Å². The van der Waals surface area contributed by atoms with Crippen molar-refractivity contribution < 1.29 is 23.1 Å². The van der Waals surface area contributed by atoms with Crippen LogP contribution in [0.25, 0.3) is 27.9 Å². The van der Waals surface area contributed by atoms with Crippen LogP contribution in [0.4, 0.5) is 18.9 Å². The largest absolute Gasteiger partial charge is 0.490 e. The van der Waals surface area contributed by atoms with E-state index >= 15 is 0 Å². The number of carboxylic acid groups (broad SMARTS) is 1. The Kier molecular flexibility index (Phi) is 6.78. The number of halogens is 3. The molecule has 0 bridgehead atoms. The Hall–Kier alpha value is -3.92. The Bertz CT molecular complexity index is 1250. The van der Waals surface area contributed by atoms with Gasteiger partial charge in [-0.2, -0.15) is 18.3 Å². The lowest BCUT2D eigenvalue weighted by Gasteiger charge is -2.29. The maximum absolute atomic E-state index is 10.6. The summed E-state index contributed by atoms with van der Waals surface area (Å²) < 4.78 is 33.6. The molecule has 1 aliphatic heterocycles. The van der Waals surface area contributed by atoms with E-state index in [1.54, 1.807) is 0 Å². The summed E-state index contributed by atoms with van der Waals surface area (Å²) in [7, 11) is 0. The molecule has 5 rings (SSSR count). The van der Waals surface area contributed by atoms with Gasteiger partial charge in [-0.3, -0.25) is 0 Å². The number of nitrogens with zero attached hydrogens (tertiary/aromatic N) is 4. The summed E-state index contributed by atoms with van der Waals surface area (Å²) in [6.45, 7) is 4.21. The van der Waals surface area contributed by atoms with Gasteiger partial charge >= 0.3 is 12.1 Å². The Balaban J connectivity index is 0.000000344. The minimum absolute atomic E-state index is 0.877. The maximum Gasteiger partial charge on any atom is 0.490 e. The van der Waals surface area contributed by atoms with E-state index in [2.05, 4.69) is 62.9 Å². The molecule has 0 radical (unpaired) electrons. The third kappa shape index (κ3) is 5.34. The summed E-state index contributed by atoms with van der Waals surface area (Å²) in [5.41, 5.74) is 6.56. The molecule has 4 aromatic rings. The topological polar surface area (TPSA) is 82.8 Å². The summed E-state index contributed by atoms with van der Waals surface area (Å²) in [4.78, 5) is 16.0. The summed E-state index contributed by atoms with van der Waals surface area (Å²) in [6, 6.07) is 19.0. The highest BCUT2D eigenvalue weighted by Gasteiger charge is 2.38. The number of fused-ring (bicyclic) bond motifs is 1. The van der Waals surface area contributed by atoms with Crippen LogP contribution < -0.4 is 10.2 Å². The zero-order valence-corrected chi connectivity index (χ0v) is 18.0. The molecule has 1 saturated heterocycles. The van der Waals surface area contributed by atoms with Gasteiger partial charge in [-0.15, -0.1) is 0 Å². The van der Waals surface area contributed by atoms with Gasteiger partial charge in [0.05, 0.1) is 6.20 Å². The van der Waals surface area contributed by atoms with Crippen molar-refractivity contribution in [2.45, 2.75) is 6.18 Å². The average molecular weight is 469 g/mol. The summed E-state index contributed by atoms with van der Waals surface area (Å²) in [6.07, 6.45) is 0.785. The van der Waals surface area contributed by atoms with Crippen LogP contribution in [-0.2, 0) is 4.79 Å². The second-order valence-corrected chi connectivity index (χ2v) is 7.62. The van der Waals surface area contributed by atoms with E-state index in [9.17, 15) is 13.2 Å². The fraction of sp³-hybridized carbons (Fsp3) is 0.208. The molecule has 176 valence electrons. The zero-order valence-electron chi connectivity index (χ0n) is 18.0. The van der Waals surface area contributed by atoms with E-state index in [1.165, 1.54) is 5.69 Å². The number of aromatic nitrogens is 3. The lowest BCUT2D eigenvalue weighted by Crippen LogP contribution is -2.43. The molecule has 0 saturated carbocycles. The Morgan fingerprint density at radius 1 is 0.912 bits per heavy atom. The van der Waals surface area contributed by atoms with Crippen molar-refractivity contribution in [2.24, 2.45) is 0 Å². The second-order valence-electron chi connectivity index (χ2n) is 7.62. The van der Waals surface area contributed by atoms with E-state index in [4.69, 9.17) is 9.90 Å². The second kappa shape index (κ2) is 9.92. The number of rotatable bonds is 3. The lowest BCUT2D eigenvalue weighted by atomic mass is 10.1. The maximum atomic E-state index is 10.6. The summed E-state index contributed by atoms with van der Waals surface area (Å²) in [5.74, 6) is -2.76. The standard InChI is InChI=1S/C22H21N5.C2HF3O2/c1-2-4-18(5-3-1)21-15-25-27-16-19(14-24-22(21)27)17-6-8-20(9-7-17)26-12-10-23-11-13-26;3-2(4,5)1(6)7/h1-9,14-16,23H,10-13H2;(H,6,7). The predicted octanol–water partition coefficient (Wildman–Crippen LogP) is 4.11. The first kappa shape index (κ1) is 23.2. The number of carboxylic acids is 1. The number of benzene rings is 2. The Labute approximate surface area is 193 Å². The van der Waals surface area contributed by atoms with Crippen LogP contribution in [0.2, 0.25) is 0 Å². The van der Waals surface area contributed by atoms with Crippen molar-refractivity contribution in [3.63, 3.8) is 0 Å². The third-order valence-electron chi connectivity index (χ3n) is 5.37. The fourth-order valence-corrected chi connectivity index (χ4v) is 3.63. The first-order chi connectivity index (χ1) is 16.3. The van der Waals surface area contributed by atoms with Crippen LogP contribution in [0.3, 0.4) is 0 Å². The third-order valence-corrected chi connectivity index (χ3v) is 5.37. The molecule has 0 atom stereocenters. The van der Waals surface area contributed by atoms with Crippen LogP contribution >= 0.6 is 0 Å². The van der Waals surface area contributed by atoms with E-state index in [-0.39, 0.29) is 0 Å². The number of hydrogen-bond donors (Lipinski definition) is 2. The SMILES string of the molecule is O=C(O)C(F)(F)F.c1ccc(-c2cnn3cc(-c4ccc(N5CCNCC5)cc4)cnc23)cc1. The van der Waals surface area contributed by atoms with Gasteiger partial charge in [-0.05, 0) is 23.3 Å². The quantitative estimate of drug-likeness (QED) is 0.470. The van der Waals surface area contributed by atoms with Crippen molar-refractivity contribution in [3.05, 3.63) is 73.2 Å². The number of alkyl halides is 3. The normalized spacial score (nSPS) is 13.9. The van der Waals surface area contributed by atoms with Crippen LogP contribution in [0, 0.1) is 0 Å². The van der Waals surface area contributed by atoms with E-state index < -0.39 is 12.1 Å². The number of aliphatic carboxylic acids is 1. The molecular formula is C24H22F3N5O2. The van der Waals surface area contributed by atoms with Crippen molar-refractivity contribution in [1.82, 2.24) is 19.9 Å². The minimum atomic E-state index is -5.08. The van der Waals surface area contributed by atoms with Gasteiger partial charge in [0.2, 0.25) is 0 Å². The predicted molar refractivity (Wildman–Crippen MR) is 123 cm³/mol. The first-order valence-corrected chi connectivity index (χ1v) is 10.6. The highest BCUT2D eigenvalue weighted by molar-refractivity contribution is 5.78. The molecular weight excluding hydrogens is 447 g/mol. The highest BCUT2D eigenvalue weighted by atomic mass is 19.4. The molecule has 1 fully saturated rings. The summed E-state index contributed by atoms with van der Waals surface area (Å²) >= 11 is 0. The van der Waals surface area contributed by atoms with Crippen molar-refractivity contribution in [1.29, 1.82) is 0 Å². The van der Waals surface area contributed by atoms with Gasteiger partial charge in [0.25, 0.3) is 0 Å². The highest BCUT2D eigenvalue weighted by Crippen LogP contribution is 2.26. The van der Waals surface area contributed by atoms with E-state index in [0.717, 1.165) is 54.1 Å². The molecule has 0 unspecified atom stereocenters. The van der Waals surface area contributed by atoms with Gasteiger partial charge in [0.15, 0.2) is 5.65 Å². The molecule has 3 heterocycles. The number of nitrogens with one attached hydrogen (secondary N) is 1. The average Bonchev–Trinajstić information content (AvgIpc) is 3.28. The number of hydrogen-bond acceptors (Lipinski definition) is 5. The van der Waals surface area contributed by atoms with Gasteiger partial charge in [-0.1, -0.05) is 42.5 Å². The van der Waals surface area contributed by atoms with Crippen LogP contribution in [0.1, 0.15) is 0 Å². The van der Waals surface area contributed by atoms with Gasteiger partial charge < -0.3 is 15.3 Å². The molecule has 0 aliphatic carbocycles. The molecule has 2 aromatic carbocycles. The molecule has 10 heteroatoms. The van der Waals surface area contributed by atoms with E-state index in [1.807, 2.05) is 35.1 Å². The van der Waals surface area contributed by atoms with Crippen LogP contribution in [-0.4, -0.2) is 58.0 Å². The number of anilines is 1. The lowest BCUT2D eigenvalue weighted by molar-refractivity contribution is -0.192. The fourth-order valence-electron chi connectivity index (χ4n) is 3.63. The Morgan fingerprint density at radius 3 is 2.18 bits per heavy atom. The molecule has 2 N–H and O–H groups in total. The molecule has 0 spiro atoms.